The SMILES string of the molecule is CC1(C)[C@@H]2C[C@H]3OB([C@@H]4CCCN4C(=O)CNC4CCNC4)O[C@@]3(C)[C@H]1C2.CC1(C)[C@@H]2C[C@H]3OB([C@@H]4CCCN4C(=O)CN[C@@H]4CCNC4)O[C@@]3(C)[C@H]1C2. The van der Waals surface area contributed by atoms with Gasteiger partial charge in [-0.25, -0.2) is 0 Å². The van der Waals surface area contributed by atoms with Gasteiger partial charge >= 0.3 is 14.2 Å². The van der Waals surface area contributed by atoms with Crippen LogP contribution in [0.1, 0.15) is 106 Å². The Morgan fingerprint density at radius 2 is 1.07 bits per heavy atom. The maximum Gasteiger partial charge on any atom is 0.481 e. The van der Waals surface area contributed by atoms with E-state index in [1.165, 1.54) is 12.8 Å². The van der Waals surface area contributed by atoms with Crippen molar-refractivity contribution in [3.63, 3.8) is 0 Å². The van der Waals surface area contributed by atoms with Gasteiger partial charge in [0.25, 0.3) is 0 Å². The quantitative estimate of drug-likeness (QED) is 0.275. The molecule has 12 nitrogen and oxygen atoms in total. The van der Waals surface area contributed by atoms with Gasteiger partial charge in [-0.15, -0.1) is 0 Å². The van der Waals surface area contributed by atoms with Gasteiger partial charge in [-0.1, -0.05) is 27.7 Å². The van der Waals surface area contributed by atoms with Crippen molar-refractivity contribution in [1.82, 2.24) is 31.1 Å². The van der Waals surface area contributed by atoms with Crippen LogP contribution in [0.3, 0.4) is 0 Å². The van der Waals surface area contributed by atoms with Gasteiger partial charge in [-0.2, -0.15) is 0 Å². The number of likely N-dealkylation sites (tertiary alicyclic amines) is 2. The van der Waals surface area contributed by atoms with Gasteiger partial charge in [0.05, 0.1) is 48.4 Å². The van der Waals surface area contributed by atoms with Crippen LogP contribution in [0, 0.1) is 34.5 Å². The highest BCUT2D eigenvalue weighted by molar-refractivity contribution is 6.48. The molecule has 0 aromatic carbocycles. The normalized spacial score (nSPS) is 45.1. The minimum Gasteiger partial charge on any atom is -0.404 e. The Hall–Kier alpha value is -1.25. The lowest BCUT2D eigenvalue weighted by atomic mass is 9.43. The van der Waals surface area contributed by atoms with Gasteiger partial charge in [0.15, 0.2) is 0 Å². The smallest absolute Gasteiger partial charge is 0.404 e. The lowest BCUT2D eigenvalue weighted by Crippen LogP contribution is -2.65. The van der Waals surface area contributed by atoms with Crippen LogP contribution in [0.25, 0.3) is 0 Å². The molecule has 1 unspecified atom stereocenters. The minimum absolute atomic E-state index is 0.0729. The topological polar surface area (TPSA) is 126 Å². The maximum atomic E-state index is 12.9. The third-order valence-electron chi connectivity index (χ3n) is 17.0. The molecule has 0 aromatic heterocycles. The van der Waals surface area contributed by atoms with Crippen molar-refractivity contribution in [2.75, 3.05) is 52.4 Å². The molecule has 54 heavy (non-hydrogen) atoms. The summed E-state index contributed by atoms with van der Waals surface area (Å²) in [5.74, 6) is 3.19. The van der Waals surface area contributed by atoms with Crippen molar-refractivity contribution in [3.8, 4) is 0 Å². The first kappa shape index (κ1) is 38.3. The number of rotatable bonds is 8. The zero-order valence-corrected chi connectivity index (χ0v) is 34.0. The summed E-state index contributed by atoms with van der Waals surface area (Å²) in [5, 5.41) is 13.5. The number of hydrogen-bond acceptors (Lipinski definition) is 10. The van der Waals surface area contributed by atoms with Gasteiger partial charge in [0, 0.05) is 38.3 Å². The summed E-state index contributed by atoms with van der Waals surface area (Å²) in [4.78, 5) is 29.8. The summed E-state index contributed by atoms with van der Waals surface area (Å²) in [6.07, 6.45) is 11.4. The number of carbonyl (C=O) groups excluding carboxylic acids is 2. The van der Waals surface area contributed by atoms with Gasteiger partial charge in [0.1, 0.15) is 0 Å². The van der Waals surface area contributed by atoms with E-state index >= 15 is 0 Å². The Kier molecular flexibility index (Phi) is 10.1. The van der Waals surface area contributed by atoms with E-state index in [1.807, 2.05) is 9.80 Å². The van der Waals surface area contributed by atoms with Crippen molar-refractivity contribution >= 4 is 26.1 Å². The molecule has 6 heterocycles. The third kappa shape index (κ3) is 6.34. The van der Waals surface area contributed by atoms with E-state index < -0.39 is 0 Å². The average molecular weight is 751 g/mol. The Morgan fingerprint density at radius 1 is 0.648 bits per heavy atom. The molecule has 6 saturated heterocycles. The van der Waals surface area contributed by atoms with E-state index in [-0.39, 0.29) is 61.3 Å². The standard InChI is InChI=1S/2C20H34BN3O3/c2*1-19(2)13-9-15(19)20(3)16(10-13)26-21(27-20)17-5-4-8-24(17)18(25)12-23-14-6-7-22-11-14/h2*13-17,22-23H,4-12H2,1-3H3/t13-,14?,15-,16+,17-,20-;13-,14+,15-,16+,17-,20-/m00/s1. The number of nitrogens with one attached hydrogen (secondary N) is 4. The van der Waals surface area contributed by atoms with Crippen molar-refractivity contribution in [3.05, 3.63) is 0 Å². The van der Waals surface area contributed by atoms with Crippen LogP contribution in [0.4, 0.5) is 0 Å². The summed E-state index contributed by atoms with van der Waals surface area (Å²) in [6.45, 7) is 20.6. The Balaban J connectivity index is 0.000000142. The minimum atomic E-state index is -0.255. The van der Waals surface area contributed by atoms with Crippen LogP contribution in [0.5, 0.6) is 0 Å². The summed E-state index contributed by atoms with van der Waals surface area (Å²) in [6, 6.07) is 0.842. The van der Waals surface area contributed by atoms with E-state index in [2.05, 4.69) is 62.8 Å². The van der Waals surface area contributed by atoms with E-state index in [0.717, 1.165) is 102 Å². The van der Waals surface area contributed by atoms with E-state index in [9.17, 15) is 9.59 Å². The molecular formula is C40H68B2N6O6. The molecular weight excluding hydrogens is 682 g/mol. The van der Waals surface area contributed by atoms with Crippen LogP contribution in [-0.4, -0.2) is 136 Å². The molecule has 12 fully saturated rings. The molecule has 0 spiro atoms. The first-order valence-electron chi connectivity index (χ1n) is 21.9. The van der Waals surface area contributed by atoms with Crippen LogP contribution in [0.2, 0.25) is 0 Å². The first-order chi connectivity index (χ1) is 25.8. The van der Waals surface area contributed by atoms with Crippen LogP contribution < -0.4 is 21.3 Å². The van der Waals surface area contributed by atoms with Gasteiger partial charge in [-0.05, 0) is 126 Å². The fourth-order valence-electron chi connectivity index (χ4n) is 13.2. The van der Waals surface area contributed by atoms with E-state index in [1.54, 1.807) is 0 Å². The average Bonchev–Trinajstić information content (AvgIpc) is 3.99. The van der Waals surface area contributed by atoms with Crippen LogP contribution in [0.15, 0.2) is 0 Å². The lowest BCUT2D eigenvalue weighted by Gasteiger charge is -2.64. The van der Waals surface area contributed by atoms with Gasteiger partial charge in [0.2, 0.25) is 11.8 Å². The molecule has 300 valence electrons. The molecule has 12 atom stereocenters. The molecule has 12 aliphatic rings. The molecule has 2 amide bonds. The van der Waals surface area contributed by atoms with Crippen molar-refractivity contribution in [1.29, 1.82) is 0 Å². The fraction of sp³-hybridized carbons (Fsp3) is 0.950. The molecule has 6 aliphatic carbocycles. The summed E-state index contributed by atoms with van der Waals surface area (Å²) in [7, 11) is -0.510. The summed E-state index contributed by atoms with van der Waals surface area (Å²) < 4.78 is 26.2. The van der Waals surface area contributed by atoms with Crippen molar-refractivity contribution < 1.29 is 28.2 Å². The second kappa shape index (κ2) is 14.2. The van der Waals surface area contributed by atoms with Gasteiger partial charge in [-0.3, -0.25) is 9.59 Å². The monoisotopic (exact) mass is 751 g/mol. The molecule has 4 N–H and O–H groups in total. The molecule has 6 saturated carbocycles. The second-order valence-electron chi connectivity index (χ2n) is 20.4. The molecule has 14 heteroatoms. The number of hydrogen-bond donors (Lipinski definition) is 4. The third-order valence-corrected chi connectivity index (χ3v) is 17.0. The predicted octanol–water partition coefficient (Wildman–Crippen LogP) is 2.39. The summed E-state index contributed by atoms with van der Waals surface area (Å²) in [5.41, 5.74) is 0.337. The Morgan fingerprint density at radius 3 is 1.44 bits per heavy atom. The highest BCUT2D eigenvalue weighted by Gasteiger charge is 2.70. The highest BCUT2D eigenvalue weighted by Crippen LogP contribution is 2.67. The summed E-state index contributed by atoms with van der Waals surface area (Å²) >= 11 is 0. The second-order valence-corrected chi connectivity index (χ2v) is 20.4. The van der Waals surface area contributed by atoms with Crippen LogP contribution >= 0.6 is 0 Å². The lowest BCUT2D eigenvalue weighted by molar-refractivity contribution is -0.199. The number of carbonyl (C=O) groups is 2. The number of nitrogens with zero attached hydrogens (tertiary/aromatic N) is 2. The largest absolute Gasteiger partial charge is 0.481 e. The Labute approximate surface area is 324 Å². The van der Waals surface area contributed by atoms with E-state index in [0.29, 0.717) is 47.8 Å². The zero-order valence-electron chi connectivity index (χ0n) is 34.0. The van der Waals surface area contributed by atoms with E-state index in [4.69, 9.17) is 18.6 Å². The maximum absolute atomic E-state index is 12.9. The predicted molar refractivity (Wildman–Crippen MR) is 208 cm³/mol. The fourth-order valence-corrected chi connectivity index (χ4v) is 13.2. The Bertz CT molecular complexity index is 1330. The molecule has 12 rings (SSSR count). The van der Waals surface area contributed by atoms with Crippen molar-refractivity contribution in [2.45, 2.75) is 153 Å². The van der Waals surface area contributed by atoms with Crippen molar-refractivity contribution in [2.24, 2.45) is 34.5 Å². The molecule has 0 aromatic rings. The highest BCUT2D eigenvalue weighted by atomic mass is 16.7. The molecule has 6 aliphatic heterocycles. The van der Waals surface area contributed by atoms with Gasteiger partial charge < -0.3 is 49.7 Å². The van der Waals surface area contributed by atoms with Crippen LogP contribution in [-0.2, 0) is 28.2 Å². The number of amides is 2. The molecule has 0 radical (unpaired) electrons. The first-order valence-corrected chi connectivity index (χ1v) is 21.9. The zero-order chi connectivity index (χ0) is 37.6. The molecule has 4 bridgehead atoms.